The predicted octanol–water partition coefficient (Wildman–Crippen LogP) is 6.94. The van der Waals surface area contributed by atoms with Gasteiger partial charge in [0.25, 0.3) is 0 Å². The van der Waals surface area contributed by atoms with Gasteiger partial charge in [0, 0.05) is 0 Å². The first kappa shape index (κ1) is 29.1. The van der Waals surface area contributed by atoms with Gasteiger partial charge in [0.05, 0.1) is 36.9 Å². The molecule has 6 aliphatic carbocycles. The molecule has 5 nitrogen and oxygen atoms in total. The third kappa shape index (κ3) is 3.34. The molecule has 4 bridgehead atoms. The number of ketones is 1. The minimum atomic E-state index is -0.984. The van der Waals surface area contributed by atoms with Crippen molar-refractivity contribution in [1.82, 2.24) is 0 Å². The van der Waals surface area contributed by atoms with Gasteiger partial charge < -0.3 is 9.47 Å². The quantitative estimate of drug-likeness (QED) is 0.170. The standard InChI is InChI=1S/C43H36O5/c1-47-39(44)33-29-23-24-30(34(33)40(45)48-2)32-31(29)37-38(32)43(28-21-13-6-14-22-28)36(26-17-9-4-10-18-26)35(25-15-7-3-8-16-25)42(37,41(43)46)27-19-11-5-12-20-27/h3-24,29-34,37-38H,1-2H3/t29-,30-,31-,32-,33+,34+,37-,38-,42+,43+/m1/s1. The second-order valence-corrected chi connectivity index (χ2v) is 14.0. The van der Waals surface area contributed by atoms with Gasteiger partial charge in [-0.2, -0.15) is 0 Å². The molecular formula is C43H36O5. The van der Waals surface area contributed by atoms with Crippen molar-refractivity contribution in [3.05, 3.63) is 156 Å². The fourth-order valence-electron chi connectivity index (χ4n) is 11.4. The van der Waals surface area contributed by atoms with Crippen molar-refractivity contribution in [1.29, 1.82) is 0 Å². The van der Waals surface area contributed by atoms with E-state index in [9.17, 15) is 9.59 Å². The number of benzene rings is 4. The Morgan fingerprint density at radius 1 is 0.521 bits per heavy atom. The third-order valence-corrected chi connectivity index (χ3v) is 12.6. The highest BCUT2D eigenvalue weighted by Crippen LogP contribution is 2.83. The molecule has 0 radical (unpaired) electrons. The highest BCUT2D eigenvalue weighted by molar-refractivity contribution is 6.30. The van der Waals surface area contributed by atoms with Crippen LogP contribution in [-0.2, 0) is 34.7 Å². The molecule has 0 amide bonds. The molecule has 3 fully saturated rings. The number of rotatable bonds is 6. The highest BCUT2D eigenvalue weighted by Gasteiger charge is 2.86. The molecule has 10 rings (SSSR count). The van der Waals surface area contributed by atoms with Crippen LogP contribution in [0.4, 0.5) is 0 Å². The molecule has 238 valence electrons. The minimum absolute atomic E-state index is 0.0132. The van der Waals surface area contributed by atoms with Crippen LogP contribution in [0.25, 0.3) is 11.1 Å². The molecule has 4 aromatic rings. The number of hydrogen-bond donors (Lipinski definition) is 0. The monoisotopic (exact) mass is 632 g/mol. The molecule has 0 heterocycles. The first-order chi connectivity index (χ1) is 23.5. The Morgan fingerprint density at radius 3 is 1.19 bits per heavy atom. The Hall–Kier alpha value is -5.03. The summed E-state index contributed by atoms with van der Waals surface area (Å²) in [5.74, 6) is -2.72. The summed E-state index contributed by atoms with van der Waals surface area (Å²) >= 11 is 0. The highest BCUT2D eigenvalue weighted by atomic mass is 16.5. The molecule has 0 spiro atoms. The number of carbonyl (C=O) groups is 3. The van der Waals surface area contributed by atoms with Crippen molar-refractivity contribution in [2.24, 2.45) is 47.3 Å². The van der Waals surface area contributed by atoms with E-state index in [4.69, 9.17) is 9.47 Å². The van der Waals surface area contributed by atoms with Crippen molar-refractivity contribution < 1.29 is 23.9 Å². The topological polar surface area (TPSA) is 69.7 Å². The van der Waals surface area contributed by atoms with Crippen LogP contribution in [0.5, 0.6) is 0 Å². The summed E-state index contributed by atoms with van der Waals surface area (Å²) in [6.07, 6.45) is 4.27. The first-order valence-electron chi connectivity index (χ1n) is 16.9. The summed E-state index contributed by atoms with van der Waals surface area (Å²) in [6.45, 7) is 0. The van der Waals surface area contributed by atoms with Gasteiger partial charge in [0.15, 0.2) is 5.78 Å². The van der Waals surface area contributed by atoms with Crippen molar-refractivity contribution >= 4 is 28.9 Å². The zero-order valence-electron chi connectivity index (χ0n) is 26.9. The molecule has 0 aromatic heterocycles. The average molecular weight is 633 g/mol. The average Bonchev–Trinajstić information content (AvgIpc) is 3.49. The third-order valence-electron chi connectivity index (χ3n) is 12.6. The summed E-state index contributed by atoms with van der Waals surface area (Å²) in [4.78, 5) is 43.5. The molecule has 0 unspecified atom stereocenters. The van der Waals surface area contributed by atoms with Crippen LogP contribution in [0.1, 0.15) is 22.3 Å². The number of methoxy groups -OCH3 is 2. The zero-order valence-corrected chi connectivity index (χ0v) is 26.9. The van der Waals surface area contributed by atoms with E-state index in [0.29, 0.717) is 0 Å². The van der Waals surface area contributed by atoms with Gasteiger partial charge in [-0.1, -0.05) is 133 Å². The number of allylic oxidation sites excluding steroid dienone is 4. The Morgan fingerprint density at radius 2 is 0.854 bits per heavy atom. The van der Waals surface area contributed by atoms with Crippen molar-refractivity contribution in [3.63, 3.8) is 0 Å². The van der Waals surface area contributed by atoms with E-state index in [2.05, 4.69) is 84.9 Å². The van der Waals surface area contributed by atoms with E-state index in [1.54, 1.807) is 0 Å². The molecule has 0 aliphatic heterocycles. The molecule has 5 heteroatoms. The van der Waals surface area contributed by atoms with Gasteiger partial charge >= 0.3 is 11.9 Å². The number of esters is 2. The normalized spacial score (nSPS) is 35.1. The van der Waals surface area contributed by atoms with Crippen LogP contribution in [0.3, 0.4) is 0 Å². The van der Waals surface area contributed by atoms with Crippen LogP contribution >= 0.6 is 0 Å². The smallest absolute Gasteiger partial charge is 0.310 e. The van der Waals surface area contributed by atoms with Crippen molar-refractivity contribution in [3.8, 4) is 0 Å². The Bertz CT molecular complexity index is 1860. The lowest BCUT2D eigenvalue weighted by atomic mass is 9.33. The number of carbonyl (C=O) groups excluding carboxylic acids is 3. The van der Waals surface area contributed by atoms with Gasteiger partial charge in [-0.15, -0.1) is 0 Å². The summed E-state index contributed by atoms with van der Waals surface area (Å²) in [5.41, 5.74) is 4.16. The van der Waals surface area contributed by atoms with E-state index in [1.165, 1.54) is 14.2 Å². The number of hydrogen-bond acceptors (Lipinski definition) is 5. The summed E-state index contributed by atoms with van der Waals surface area (Å²) in [6, 6.07) is 41.4. The lowest BCUT2D eigenvalue weighted by Crippen LogP contribution is -2.69. The molecule has 0 saturated heterocycles. The Balaban J connectivity index is 1.42. The maximum Gasteiger partial charge on any atom is 0.310 e. The van der Waals surface area contributed by atoms with Gasteiger partial charge in [0.1, 0.15) is 0 Å². The van der Waals surface area contributed by atoms with Gasteiger partial charge in [-0.05, 0) is 68.9 Å². The summed E-state index contributed by atoms with van der Waals surface area (Å²) in [5, 5.41) is 0. The van der Waals surface area contributed by atoms with Gasteiger partial charge in [-0.3, -0.25) is 14.4 Å². The van der Waals surface area contributed by atoms with E-state index >= 15 is 4.79 Å². The number of fused-ring (bicyclic) bond motifs is 6. The minimum Gasteiger partial charge on any atom is -0.469 e. The largest absolute Gasteiger partial charge is 0.469 e. The predicted molar refractivity (Wildman–Crippen MR) is 182 cm³/mol. The molecule has 0 N–H and O–H groups in total. The molecule has 10 atom stereocenters. The van der Waals surface area contributed by atoms with Crippen molar-refractivity contribution in [2.75, 3.05) is 14.2 Å². The molecule has 3 saturated carbocycles. The SMILES string of the molecule is COC(=O)[C@H]1[C@@H]2C=C[C@@H]([C@@H]1C(=O)OC)[C@@H]1[C@@H]2[C@@H]2[C@@H]1[C@@]1(c3ccccc3)C(=O)[C@@]2(c2ccccc2)C(c2ccccc2)=C1c1ccccc1. The van der Waals surface area contributed by atoms with Crippen molar-refractivity contribution in [2.45, 2.75) is 10.8 Å². The first-order valence-corrected chi connectivity index (χ1v) is 16.9. The summed E-state index contributed by atoms with van der Waals surface area (Å²) in [7, 11) is 2.78. The Kier molecular flexibility index (Phi) is 6.36. The van der Waals surface area contributed by atoms with Crippen LogP contribution in [0, 0.1) is 47.3 Å². The van der Waals surface area contributed by atoms with E-state index in [0.717, 1.165) is 33.4 Å². The second kappa shape index (κ2) is 10.5. The van der Waals surface area contributed by atoms with E-state index < -0.39 is 34.6 Å². The van der Waals surface area contributed by atoms with E-state index in [1.807, 2.05) is 48.5 Å². The maximum atomic E-state index is 16.3. The molecule has 48 heavy (non-hydrogen) atoms. The second-order valence-electron chi connectivity index (χ2n) is 14.0. The molecule has 6 aliphatic rings. The van der Waals surface area contributed by atoms with Crippen LogP contribution in [0.15, 0.2) is 133 Å². The Labute approximate surface area is 280 Å². The molecule has 4 aromatic carbocycles. The van der Waals surface area contributed by atoms with Gasteiger partial charge in [0.2, 0.25) is 0 Å². The number of Topliss-reactive ketones (excluding diaryl/α,β-unsaturated/α-hetero) is 1. The number of ether oxygens (including phenoxy) is 2. The fraction of sp³-hybridized carbons (Fsp3) is 0.279. The zero-order chi connectivity index (χ0) is 32.8. The maximum absolute atomic E-state index is 16.3. The van der Waals surface area contributed by atoms with Gasteiger partial charge in [-0.25, -0.2) is 0 Å². The van der Waals surface area contributed by atoms with Crippen LogP contribution < -0.4 is 0 Å². The van der Waals surface area contributed by atoms with Crippen LogP contribution in [0.2, 0.25) is 0 Å². The van der Waals surface area contributed by atoms with Crippen LogP contribution in [-0.4, -0.2) is 31.9 Å². The van der Waals surface area contributed by atoms with E-state index in [-0.39, 0.29) is 41.3 Å². The summed E-state index contributed by atoms with van der Waals surface area (Å²) < 4.78 is 10.8. The lowest BCUT2D eigenvalue weighted by molar-refractivity contribution is -0.195. The molecular weight excluding hydrogens is 596 g/mol. The fourth-order valence-corrected chi connectivity index (χ4v) is 11.4. The lowest BCUT2D eigenvalue weighted by Gasteiger charge is -2.69.